The van der Waals surface area contributed by atoms with Crippen molar-refractivity contribution in [2.45, 2.75) is 26.1 Å². The van der Waals surface area contributed by atoms with E-state index in [-0.39, 0.29) is 17.1 Å². The summed E-state index contributed by atoms with van der Waals surface area (Å²) in [5.41, 5.74) is 1.39. The van der Waals surface area contributed by atoms with Crippen molar-refractivity contribution in [1.29, 1.82) is 0 Å². The van der Waals surface area contributed by atoms with Crippen molar-refractivity contribution in [2.24, 2.45) is 5.92 Å². The van der Waals surface area contributed by atoms with Gasteiger partial charge in [-0.1, -0.05) is 31.5 Å². The molecule has 0 aliphatic rings. The molecule has 0 bridgehead atoms. The van der Waals surface area contributed by atoms with Crippen LogP contribution in [0, 0.1) is 18.7 Å². The average Bonchev–Trinajstić information content (AvgIpc) is 2.10. The molecule has 1 rings (SSSR count). The van der Waals surface area contributed by atoms with Crippen LogP contribution in [0.4, 0.5) is 4.39 Å². The van der Waals surface area contributed by atoms with Crippen LogP contribution in [-0.2, 0) is 0 Å². The monoisotopic (exact) mass is 234 g/mol. The average molecular weight is 235 g/mol. The van der Waals surface area contributed by atoms with Gasteiger partial charge in [0, 0.05) is 5.02 Å². The quantitative estimate of drug-likeness (QED) is 0.650. The van der Waals surface area contributed by atoms with Gasteiger partial charge in [-0.25, -0.2) is 4.39 Å². The molecule has 0 aliphatic heterocycles. The molecule has 0 aliphatic carbocycles. The van der Waals surface area contributed by atoms with E-state index in [4.69, 9.17) is 23.2 Å². The largest absolute Gasteiger partial charge is 0.207 e. The van der Waals surface area contributed by atoms with Gasteiger partial charge in [0.1, 0.15) is 5.82 Å². The maximum absolute atomic E-state index is 13.1. The van der Waals surface area contributed by atoms with Crippen molar-refractivity contribution < 1.29 is 4.39 Å². The molecule has 1 unspecified atom stereocenters. The molecule has 1 aromatic carbocycles. The predicted octanol–water partition coefficient (Wildman–Crippen LogP) is 4.72. The summed E-state index contributed by atoms with van der Waals surface area (Å²) in [4.78, 5) is 0. The molecule has 0 nitrogen and oxygen atoms in total. The smallest absolute Gasteiger partial charge is 0.127 e. The summed E-state index contributed by atoms with van der Waals surface area (Å²) in [6.07, 6.45) is 0. The van der Waals surface area contributed by atoms with Gasteiger partial charge in [0.2, 0.25) is 0 Å². The molecule has 0 saturated heterocycles. The van der Waals surface area contributed by atoms with E-state index in [1.165, 1.54) is 6.07 Å². The fourth-order valence-corrected chi connectivity index (χ4v) is 1.75. The van der Waals surface area contributed by atoms with E-state index >= 15 is 0 Å². The van der Waals surface area contributed by atoms with Crippen molar-refractivity contribution in [3.05, 3.63) is 34.1 Å². The number of hydrogen-bond donors (Lipinski definition) is 0. The Kier molecular flexibility index (Phi) is 3.79. The molecule has 0 heterocycles. The highest BCUT2D eigenvalue weighted by Gasteiger charge is 2.17. The topological polar surface area (TPSA) is 0 Å². The van der Waals surface area contributed by atoms with Gasteiger partial charge in [-0.15, -0.1) is 11.6 Å². The molecule has 78 valence electrons. The molecule has 0 fully saturated rings. The second-order valence-electron chi connectivity index (χ2n) is 3.77. The number of hydrogen-bond acceptors (Lipinski definition) is 0. The summed E-state index contributed by atoms with van der Waals surface area (Å²) >= 11 is 12.1. The van der Waals surface area contributed by atoms with E-state index < -0.39 is 0 Å². The molecule has 3 heteroatoms. The molecule has 1 atom stereocenters. The van der Waals surface area contributed by atoms with E-state index in [0.717, 1.165) is 5.56 Å². The molecule has 0 aromatic heterocycles. The number of halogens is 3. The van der Waals surface area contributed by atoms with Crippen molar-refractivity contribution in [1.82, 2.24) is 0 Å². The summed E-state index contributed by atoms with van der Waals surface area (Å²) in [6.45, 7) is 5.72. The van der Waals surface area contributed by atoms with Crippen LogP contribution in [0.3, 0.4) is 0 Å². The zero-order valence-corrected chi connectivity index (χ0v) is 9.96. The Morgan fingerprint density at radius 3 is 2.36 bits per heavy atom. The second kappa shape index (κ2) is 4.50. The first-order valence-electron chi connectivity index (χ1n) is 4.53. The van der Waals surface area contributed by atoms with Gasteiger partial charge in [-0.2, -0.15) is 0 Å². The summed E-state index contributed by atoms with van der Waals surface area (Å²) in [5.74, 6) is -0.00889. The molecule has 0 N–H and O–H groups in total. The third kappa shape index (κ3) is 2.40. The maximum Gasteiger partial charge on any atom is 0.127 e. The van der Waals surface area contributed by atoms with Crippen molar-refractivity contribution in [3.63, 3.8) is 0 Å². The molecule has 0 radical (unpaired) electrons. The normalized spacial score (nSPS) is 13.4. The Morgan fingerprint density at radius 1 is 1.29 bits per heavy atom. The van der Waals surface area contributed by atoms with Crippen LogP contribution in [0.5, 0.6) is 0 Å². The Labute approximate surface area is 94.0 Å². The van der Waals surface area contributed by atoms with E-state index in [9.17, 15) is 4.39 Å². The fourth-order valence-electron chi connectivity index (χ4n) is 1.25. The van der Waals surface area contributed by atoms with E-state index in [1.54, 1.807) is 13.0 Å². The first kappa shape index (κ1) is 11.8. The highest BCUT2D eigenvalue weighted by molar-refractivity contribution is 6.32. The molecule has 0 saturated carbocycles. The molecule has 1 aromatic rings. The summed E-state index contributed by atoms with van der Waals surface area (Å²) in [6, 6.07) is 3.04. The minimum absolute atomic E-state index is 0.165. The van der Waals surface area contributed by atoms with Crippen LogP contribution in [0.1, 0.15) is 30.4 Å². The minimum Gasteiger partial charge on any atom is -0.207 e. The molecular formula is C11H13Cl2F. The Morgan fingerprint density at radius 2 is 1.86 bits per heavy atom. The first-order chi connectivity index (χ1) is 6.43. The standard InChI is InChI=1S/C11H13Cl2F/c1-6(2)11(13)8-4-7(3)10(14)5-9(8)12/h4-6,11H,1-3H3. The summed E-state index contributed by atoms with van der Waals surface area (Å²) < 4.78 is 13.1. The Balaban J connectivity index is 3.15. The van der Waals surface area contributed by atoms with Crippen LogP contribution in [0.15, 0.2) is 12.1 Å². The number of aryl methyl sites for hydroxylation is 1. The minimum atomic E-state index is -0.286. The lowest BCUT2D eigenvalue weighted by Crippen LogP contribution is -2.01. The van der Waals surface area contributed by atoms with Crippen LogP contribution >= 0.6 is 23.2 Å². The highest BCUT2D eigenvalue weighted by Crippen LogP contribution is 2.34. The second-order valence-corrected chi connectivity index (χ2v) is 4.65. The molecule has 14 heavy (non-hydrogen) atoms. The lowest BCUT2D eigenvalue weighted by Gasteiger charge is -2.16. The Hall–Kier alpha value is -0.270. The van der Waals surface area contributed by atoms with Gasteiger partial charge in [0.15, 0.2) is 0 Å². The van der Waals surface area contributed by atoms with Gasteiger partial charge >= 0.3 is 0 Å². The lowest BCUT2D eigenvalue weighted by molar-refractivity contribution is 0.605. The van der Waals surface area contributed by atoms with Gasteiger partial charge in [-0.3, -0.25) is 0 Å². The van der Waals surface area contributed by atoms with Crippen molar-refractivity contribution in [2.75, 3.05) is 0 Å². The van der Waals surface area contributed by atoms with E-state index in [2.05, 4.69) is 0 Å². The zero-order valence-electron chi connectivity index (χ0n) is 8.44. The van der Waals surface area contributed by atoms with E-state index in [1.807, 2.05) is 13.8 Å². The highest BCUT2D eigenvalue weighted by atomic mass is 35.5. The molecular weight excluding hydrogens is 222 g/mol. The summed E-state index contributed by atoms with van der Waals surface area (Å²) in [5, 5.41) is 0.239. The lowest BCUT2D eigenvalue weighted by atomic mass is 10.0. The molecule has 0 amide bonds. The molecule has 0 spiro atoms. The van der Waals surface area contributed by atoms with Crippen LogP contribution in [0.2, 0.25) is 5.02 Å². The summed E-state index contributed by atoms with van der Waals surface area (Å²) in [7, 11) is 0. The Bertz CT molecular complexity index is 334. The SMILES string of the molecule is Cc1cc(C(Cl)C(C)C)c(Cl)cc1F. The third-order valence-corrected chi connectivity index (χ3v) is 3.23. The fraction of sp³-hybridized carbons (Fsp3) is 0.455. The van der Waals surface area contributed by atoms with E-state index in [0.29, 0.717) is 10.6 Å². The van der Waals surface area contributed by atoms with Gasteiger partial charge in [0.05, 0.1) is 5.38 Å². The number of alkyl halides is 1. The van der Waals surface area contributed by atoms with Crippen LogP contribution in [-0.4, -0.2) is 0 Å². The van der Waals surface area contributed by atoms with Gasteiger partial charge in [-0.05, 0) is 30.0 Å². The van der Waals surface area contributed by atoms with Crippen molar-refractivity contribution in [3.8, 4) is 0 Å². The zero-order chi connectivity index (χ0) is 10.9. The third-order valence-electron chi connectivity index (χ3n) is 2.16. The predicted molar refractivity (Wildman–Crippen MR) is 59.6 cm³/mol. The van der Waals surface area contributed by atoms with Crippen LogP contribution < -0.4 is 0 Å². The number of benzene rings is 1. The van der Waals surface area contributed by atoms with Gasteiger partial charge < -0.3 is 0 Å². The van der Waals surface area contributed by atoms with Gasteiger partial charge in [0.25, 0.3) is 0 Å². The van der Waals surface area contributed by atoms with Crippen molar-refractivity contribution >= 4 is 23.2 Å². The van der Waals surface area contributed by atoms with Crippen LogP contribution in [0.25, 0.3) is 0 Å². The number of rotatable bonds is 2. The maximum atomic E-state index is 13.1. The first-order valence-corrected chi connectivity index (χ1v) is 5.34.